The molecule has 0 spiro atoms. The summed E-state index contributed by atoms with van der Waals surface area (Å²) in [6.45, 7) is 5.95. The second-order valence-corrected chi connectivity index (χ2v) is 10.5. The third kappa shape index (κ3) is 8.10. The number of hydrogen-bond acceptors (Lipinski definition) is 5. The minimum atomic E-state index is -0.630. The van der Waals surface area contributed by atoms with Gasteiger partial charge in [0.1, 0.15) is 24.1 Å². The largest absolute Gasteiger partial charge is 0.489 e. The van der Waals surface area contributed by atoms with Gasteiger partial charge in [-0.25, -0.2) is 4.79 Å². The lowest BCUT2D eigenvalue weighted by Crippen LogP contribution is -2.46. The Labute approximate surface area is 218 Å². The van der Waals surface area contributed by atoms with E-state index in [9.17, 15) is 9.59 Å². The van der Waals surface area contributed by atoms with Crippen LogP contribution < -0.4 is 10.1 Å². The molecule has 1 fully saturated rings. The van der Waals surface area contributed by atoms with Crippen molar-refractivity contribution in [3.8, 4) is 5.75 Å². The number of esters is 1. The maximum Gasteiger partial charge on any atom is 0.408 e. The Bertz CT molecular complexity index is 1160. The van der Waals surface area contributed by atoms with E-state index >= 15 is 0 Å². The van der Waals surface area contributed by atoms with E-state index in [1.807, 2.05) is 106 Å². The molecule has 1 N–H and O–H groups in total. The fraction of sp³-hybridized carbons (Fsp3) is 0.355. The number of nitrogens with one attached hydrogen (secondary N) is 1. The topological polar surface area (TPSA) is 73.9 Å². The van der Waals surface area contributed by atoms with E-state index in [1.165, 1.54) is 0 Å². The molecule has 1 saturated heterocycles. The lowest BCUT2D eigenvalue weighted by molar-refractivity contribution is -0.145. The van der Waals surface area contributed by atoms with Gasteiger partial charge < -0.3 is 19.5 Å². The van der Waals surface area contributed by atoms with Crippen LogP contribution in [0, 0.1) is 5.92 Å². The fourth-order valence-electron chi connectivity index (χ4n) is 4.43. The Morgan fingerprint density at radius 1 is 0.919 bits per heavy atom. The summed E-state index contributed by atoms with van der Waals surface area (Å²) in [5, 5.41) is 2.96. The van der Waals surface area contributed by atoms with Gasteiger partial charge in [-0.15, -0.1) is 0 Å². The molecule has 0 radical (unpaired) electrons. The van der Waals surface area contributed by atoms with Crippen LogP contribution in [0.5, 0.6) is 5.75 Å². The van der Waals surface area contributed by atoms with Gasteiger partial charge in [-0.3, -0.25) is 4.79 Å². The molecular weight excluding hydrogens is 466 g/mol. The minimum Gasteiger partial charge on any atom is -0.489 e. The number of carbonyl (C=O) groups excluding carboxylic acids is 2. The molecule has 37 heavy (non-hydrogen) atoms. The summed E-state index contributed by atoms with van der Waals surface area (Å²) in [6, 6.07) is 27.3. The predicted molar refractivity (Wildman–Crippen MR) is 142 cm³/mol. The van der Waals surface area contributed by atoms with Gasteiger partial charge in [-0.2, -0.15) is 0 Å². The maximum absolute atomic E-state index is 12.7. The Morgan fingerprint density at radius 3 is 2.16 bits per heavy atom. The summed E-state index contributed by atoms with van der Waals surface area (Å²) in [7, 11) is 0. The normalized spacial score (nSPS) is 18.1. The molecule has 0 unspecified atom stereocenters. The molecule has 1 aliphatic heterocycles. The van der Waals surface area contributed by atoms with Crippen LogP contribution >= 0.6 is 0 Å². The zero-order chi connectivity index (χ0) is 26.3. The molecule has 4 rings (SSSR count). The van der Waals surface area contributed by atoms with E-state index < -0.39 is 23.8 Å². The molecule has 194 valence electrons. The molecule has 1 heterocycles. The molecule has 0 aromatic heterocycles. The van der Waals surface area contributed by atoms with Crippen molar-refractivity contribution < 1.29 is 23.8 Å². The molecule has 3 aromatic carbocycles. The van der Waals surface area contributed by atoms with Crippen LogP contribution in [-0.2, 0) is 33.7 Å². The molecule has 6 heteroatoms. The molecule has 0 aliphatic carbocycles. The van der Waals surface area contributed by atoms with E-state index in [-0.39, 0.29) is 11.9 Å². The average Bonchev–Trinajstić information content (AvgIpc) is 3.23. The zero-order valence-electron chi connectivity index (χ0n) is 21.7. The van der Waals surface area contributed by atoms with Gasteiger partial charge in [0, 0.05) is 6.42 Å². The van der Waals surface area contributed by atoms with Crippen molar-refractivity contribution >= 4 is 12.1 Å². The molecule has 3 aromatic rings. The summed E-state index contributed by atoms with van der Waals surface area (Å²) in [6.07, 6.45) is 0.675. The van der Waals surface area contributed by atoms with E-state index in [0.717, 1.165) is 22.4 Å². The molecule has 0 bridgehead atoms. The van der Waals surface area contributed by atoms with Crippen LogP contribution in [0.25, 0.3) is 0 Å². The van der Waals surface area contributed by atoms with Crippen molar-refractivity contribution in [2.45, 2.75) is 64.4 Å². The lowest BCUT2D eigenvalue weighted by atomic mass is 9.92. The first-order valence-electron chi connectivity index (χ1n) is 12.7. The van der Waals surface area contributed by atoms with Crippen LogP contribution in [-0.4, -0.2) is 29.8 Å². The van der Waals surface area contributed by atoms with Crippen LogP contribution in [0.15, 0.2) is 84.9 Å². The van der Waals surface area contributed by atoms with Gasteiger partial charge in [0.25, 0.3) is 0 Å². The Balaban J connectivity index is 1.42. The molecule has 0 saturated carbocycles. The predicted octanol–water partition coefficient (Wildman–Crippen LogP) is 5.88. The second kappa shape index (κ2) is 12.0. The average molecular weight is 502 g/mol. The standard InChI is InChI=1S/C31H35NO5/c1-31(2,3)37-30(34)32-27(28-20-25(29(33)36-28)18-22-10-6-4-7-11-22)19-23-14-16-26(17-15-23)35-21-24-12-8-5-9-13-24/h4-17,25,27-28H,18-21H2,1-3H3,(H,32,34)/t25-,27+,28+/m1/s1. The van der Waals surface area contributed by atoms with Gasteiger partial charge in [0.2, 0.25) is 0 Å². The highest BCUT2D eigenvalue weighted by molar-refractivity contribution is 5.75. The highest BCUT2D eigenvalue weighted by atomic mass is 16.6. The highest BCUT2D eigenvalue weighted by Crippen LogP contribution is 2.28. The number of rotatable bonds is 9. The van der Waals surface area contributed by atoms with Crippen LogP contribution in [0.2, 0.25) is 0 Å². The van der Waals surface area contributed by atoms with Crippen molar-refractivity contribution in [2.75, 3.05) is 0 Å². The summed E-state index contributed by atoms with van der Waals surface area (Å²) >= 11 is 0. The Hall–Kier alpha value is -3.80. The van der Waals surface area contributed by atoms with Crippen LogP contribution in [0.1, 0.15) is 43.9 Å². The van der Waals surface area contributed by atoms with E-state index in [1.54, 1.807) is 0 Å². The fourth-order valence-corrected chi connectivity index (χ4v) is 4.43. The number of carbonyl (C=O) groups is 2. The molecule has 1 aliphatic rings. The van der Waals surface area contributed by atoms with Gasteiger partial charge in [-0.05, 0) is 62.4 Å². The first kappa shape index (κ1) is 26.3. The highest BCUT2D eigenvalue weighted by Gasteiger charge is 2.40. The van der Waals surface area contributed by atoms with Crippen molar-refractivity contribution in [1.29, 1.82) is 0 Å². The van der Waals surface area contributed by atoms with Gasteiger partial charge in [0.15, 0.2) is 0 Å². The number of alkyl carbamates (subject to hydrolysis) is 1. The Kier molecular flexibility index (Phi) is 8.49. The molecule has 1 amide bonds. The third-order valence-corrected chi connectivity index (χ3v) is 6.22. The lowest BCUT2D eigenvalue weighted by Gasteiger charge is -2.26. The smallest absolute Gasteiger partial charge is 0.408 e. The molecular formula is C31H35NO5. The molecule has 3 atom stereocenters. The first-order chi connectivity index (χ1) is 17.7. The first-order valence-corrected chi connectivity index (χ1v) is 12.7. The van der Waals surface area contributed by atoms with Crippen LogP contribution in [0.3, 0.4) is 0 Å². The van der Waals surface area contributed by atoms with Crippen molar-refractivity contribution in [1.82, 2.24) is 5.32 Å². The minimum absolute atomic E-state index is 0.227. The summed E-state index contributed by atoms with van der Waals surface area (Å²) < 4.78 is 17.2. The van der Waals surface area contributed by atoms with Gasteiger partial charge >= 0.3 is 12.1 Å². The van der Waals surface area contributed by atoms with Crippen molar-refractivity contribution in [3.63, 3.8) is 0 Å². The molecule has 6 nitrogen and oxygen atoms in total. The van der Waals surface area contributed by atoms with Crippen molar-refractivity contribution in [3.05, 3.63) is 102 Å². The number of benzene rings is 3. The monoisotopic (exact) mass is 501 g/mol. The van der Waals surface area contributed by atoms with E-state index in [0.29, 0.717) is 25.9 Å². The summed E-state index contributed by atoms with van der Waals surface area (Å²) in [5.74, 6) is 0.290. The zero-order valence-corrected chi connectivity index (χ0v) is 21.7. The number of ether oxygens (including phenoxy) is 3. The summed E-state index contributed by atoms with van der Waals surface area (Å²) in [4.78, 5) is 25.4. The van der Waals surface area contributed by atoms with Gasteiger partial charge in [-0.1, -0.05) is 72.8 Å². The SMILES string of the molecule is CC(C)(C)OC(=O)N[C@@H](Cc1ccc(OCc2ccccc2)cc1)[C@@H]1C[C@@H](Cc2ccccc2)C(=O)O1. The van der Waals surface area contributed by atoms with E-state index in [2.05, 4.69) is 5.32 Å². The quantitative estimate of drug-likeness (QED) is 0.371. The van der Waals surface area contributed by atoms with E-state index in [4.69, 9.17) is 14.2 Å². The Morgan fingerprint density at radius 2 is 1.54 bits per heavy atom. The number of cyclic esters (lactones) is 1. The number of amides is 1. The van der Waals surface area contributed by atoms with Crippen LogP contribution in [0.4, 0.5) is 4.79 Å². The third-order valence-electron chi connectivity index (χ3n) is 6.22. The number of hydrogen-bond donors (Lipinski definition) is 1. The van der Waals surface area contributed by atoms with Crippen molar-refractivity contribution in [2.24, 2.45) is 5.92 Å². The maximum atomic E-state index is 12.7. The summed E-state index contributed by atoms with van der Waals surface area (Å²) in [5.41, 5.74) is 2.55. The second-order valence-electron chi connectivity index (χ2n) is 10.5. The van der Waals surface area contributed by atoms with Gasteiger partial charge in [0.05, 0.1) is 12.0 Å².